The van der Waals surface area contributed by atoms with Gasteiger partial charge in [-0.1, -0.05) is 0 Å². The third kappa shape index (κ3) is 1.31. The van der Waals surface area contributed by atoms with Crippen molar-refractivity contribution < 1.29 is 5.11 Å². The van der Waals surface area contributed by atoms with Crippen molar-refractivity contribution in [3.05, 3.63) is 11.6 Å². The first-order valence-corrected chi connectivity index (χ1v) is 3.03. The number of aromatic nitrogens is 3. The minimum Gasteiger partial charge on any atom is -0.385 e. The zero-order chi connectivity index (χ0) is 7.56. The van der Waals surface area contributed by atoms with E-state index < -0.39 is 6.10 Å². The van der Waals surface area contributed by atoms with Crippen molar-refractivity contribution in [2.45, 2.75) is 19.6 Å². The number of H-pyrrole nitrogens is 1. The maximum atomic E-state index is 8.95. The number of nitrogens with two attached hydrogens (primary N) is 1. The highest BCUT2D eigenvalue weighted by atomic mass is 16.3. The second-order valence-corrected chi connectivity index (χ2v) is 2.02. The minimum atomic E-state index is -0.628. The highest BCUT2D eigenvalue weighted by Crippen LogP contribution is 2.03. The molecule has 5 nitrogen and oxygen atoms in total. The second kappa shape index (κ2) is 2.76. The van der Waals surface area contributed by atoms with E-state index in [1.54, 1.807) is 6.92 Å². The van der Waals surface area contributed by atoms with Gasteiger partial charge < -0.3 is 10.8 Å². The second-order valence-electron chi connectivity index (χ2n) is 2.02. The van der Waals surface area contributed by atoms with Gasteiger partial charge in [-0.15, -0.1) is 0 Å². The van der Waals surface area contributed by atoms with Gasteiger partial charge in [0.1, 0.15) is 11.9 Å². The molecular weight excluding hydrogens is 132 g/mol. The molecule has 10 heavy (non-hydrogen) atoms. The van der Waals surface area contributed by atoms with E-state index in [4.69, 9.17) is 10.8 Å². The Bertz CT molecular complexity index is 207. The third-order valence-corrected chi connectivity index (χ3v) is 1.12. The molecule has 0 amide bonds. The summed E-state index contributed by atoms with van der Waals surface area (Å²) in [5, 5.41) is 15.3. The maximum absolute atomic E-state index is 8.95. The van der Waals surface area contributed by atoms with Crippen LogP contribution in [0.15, 0.2) is 0 Å². The Hall–Kier alpha value is -0.940. The van der Waals surface area contributed by atoms with Crippen LogP contribution in [-0.2, 0) is 6.54 Å². The largest absolute Gasteiger partial charge is 0.385 e. The lowest BCUT2D eigenvalue weighted by Crippen LogP contribution is -1.99. The predicted octanol–water partition coefficient (Wildman–Crippen LogP) is -0.683. The van der Waals surface area contributed by atoms with E-state index in [1.807, 2.05) is 0 Å². The molecule has 0 spiro atoms. The molecule has 0 aromatic carbocycles. The van der Waals surface area contributed by atoms with Gasteiger partial charge in [0.15, 0.2) is 5.82 Å². The van der Waals surface area contributed by atoms with Crippen LogP contribution in [0.3, 0.4) is 0 Å². The molecule has 1 rings (SSSR count). The third-order valence-electron chi connectivity index (χ3n) is 1.12. The van der Waals surface area contributed by atoms with Crippen molar-refractivity contribution in [1.29, 1.82) is 0 Å². The van der Waals surface area contributed by atoms with Crippen LogP contribution in [0.2, 0.25) is 0 Å². The van der Waals surface area contributed by atoms with Gasteiger partial charge in [-0.3, -0.25) is 5.10 Å². The summed E-state index contributed by atoms with van der Waals surface area (Å²) in [6.07, 6.45) is -0.628. The van der Waals surface area contributed by atoms with Gasteiger partial charge in [0.2, 0.25) is 0 Å². The van der Waals surface area contributed by atoms with E-state index in [0.29, 0.717) is 18.2 Å². The number of nitrogens with zero attached hydrogens (tertiary/aromatic N) is 2. The van der Waals surface area contributed by atoms with E-state index >= 15 is 0 Å². The summed E-state index contributed by atoms with van der Waals surface area (Å²) in [4.78, 5) is 3.89. The molecule has 0 saturated heterocycles. The number of hydrogen-bond donors (Lipinski definition) is 3. The van der Waals surface area contributed by atoms with Gasteiger partial charge in [0, 0.05) is 0 Å². The fourth-order valence-electron chi connectivity index (χ4n) is 0.588. The summed E-state index contributed by atoms with van der Waals surface area (Å²) in [6, 6.07) is 0. The molecular formula is C5H10N4O. The van der Waals surface area contributed by atoms with Gasteiger partial charge >= 0.3 is 0 Å². The molecule has 56 valence electrons. The molecule has 5 heteroatoms. The SMILES string of the molecule is C[C@H](O)c1n[nH]c(CN)n1. The average molecular weight is 142 g/mol. The van der Waals surface area contributed by atoms with Gasteiger partial charge in [-0.2, -0.15) is 5.10 Å². The van der Waals surface area contributed by atoms with Crippen LogP contribution in [0.4, 0.5) is 0 Å². The van der Waals surface area contributed by atoms with Crippen LogP contribution in [-0.4, -0.2) is 20.3 Å². The first-order chi connectivity index (χ1) is 4.74. The zero-order valence-electron chi connectivity index (χ0n) is 5.70. The molecule has 0 aliphatic heterocycles. The normalized spacial score (nSPS) is 13.5. The van der Waals surface area contributed by atoms with Crippen LogP contribution < -0.4 is 5.73 Å². The molecule has 0 aliphatic carbocycles. The summed E-state index contributed by atoms with van der Waals surface area (Å²) in [5.74, 6) is 0.983. The monoisotopic (exact) mass is 142 g/mol. The summed E-state index contributed by atoms with van der Waals surface area (Å²) in [7, 11) is 0. The van der Waals surface area contributed by atoms with Crippen molar-refractivity contribution in [2.75, 3.05) is 0 Å². The van der Waals surface area contributed by atoms with Crippen molar-refractivity contribution in [2.24, 2.45) is 5.73 Å². The van der Waals surface area contributed by atoms with Gasteiger partial charge in [-0.05, 0) is 6.92 Å². The summed E-state index contributed by atoms with van der Waals surface area (Å²) < 4.78 is 0. The Labute approximate surface area is 58.3 Å². The lowest BCUT2D eigenvalue weighted by atomic mass is 10.4. The zero-order valence-corrected chi connectivity index (χ0v) is 5.70. The van der Waals surface area contributed by atoms with Crippen LogP contribution in [0.1, 0.15) is 24.7 Å². The van der Waals surface area contributed by atoms with Crippen molar-refractivity contribution >= 4 is 0 Å². The standard InChI is InChI=1S/C5H10N4O/c1-3(10)5-7-4(2-6)8-9-5/h3,10H,2,6H2,1H3,(H,7,8,9)/t3-/m0/s1. The van der Waals surface area contributed by atoms with Gasteiger partial charge in [0.05, 0.1) is 6.54 Å². The van der Waals surface area contributed by atoms with Gasteiger partial charge in [-0.25, -0.2) is 4.98 Å². The number of aliphatic hydroxyl groups excluding tert-OH is 1. The fourth-order valence-corrected chi connectivity index (χ4v) is 0.588. The molecule has 1 aromatic rings. The van der Waals surface area contributed by atoms with E-state index in [-0.39, 0.29) is 0 Å². The molecule has 1 atom stereocenters. The van der Waals surface area contributed by atoms with E-state index in [1.165, 1.54) is 0 Å². The van der Waals surface area contributed by atoms with Gasteiger partial charge in [0.25, 0.3) is 0 Å². The molecule has 1 heterocycles. The molecule has 1 aromatic heterocycles. The molecule has 0 radical (unpaired) electrons. The summed E-state index contributed by atoms with van der Waals surface area (Å²) >= 11 is 0. The highest BCUT2D eigenvalue weighted by molar-refractivity contribution is 4.91. The van der Waals surface area contributed by atoms with Crippen LogP contribution in [0.5, 0.6) is 0 Å². The Morgan fingerprint density at radius 2 is 2.50 bits per heavy atom. The van der Waals surface area contributed by atoms with Crippen LogP contribution >= 0.6 is 0 Å². The van der Waals surface area contributed by atoms with Crippen molar-refractivity contribution in [3.8, 4) is 0 Å². The molecule has 0 bridgehead atoms. The first kappa shape index (κ1) is 7.17. The van der Waals surface area contributed by atoms with E-state index in [9.17, 15) is 0 Å². The fraction of sp³-hybridized carbons (Fsp3) is 0.600. The molecule has 4 N–H and O–H groups in total. The Morgan fingerprint density at radius 3 is 2.80 bits per heavy atom. The average Bonchev–Trinajstić information content (AvgIpc) is 2.34. The molecule has 0 fully saturated rings. The Kier molecular flexibility index (Phi) is 1.98. The maximum Gasteiger partial charge on any atom is 0.178 e. The lowest BCUT2D eigenvalue weighted by Gasteiger charge is -1.92. The van der Waals surface area contributed by atoms with Crippen LogP contribution in [0.25, 0.3) is 0 Å². The Balaban J connectivity index is 2.78. The molecule has 0 unspecified atom stereocenters. The highest BCUT2D eigenvalue weighted by Gasteiger charge is 2.05. The summed E-state index contributed by atoms with van der Waals surface area (Å²) in [5.41, 5.74) is 5.25. The Morgan fingerprint density at radius 1 is 1.80 bits per heavy atom. The lowest BCUT2D eigenvalue weighted by molar-refractivity contribution is 0.189. The predicted molar refractivity (Wildman–Crippen MR) is 34.9 cm³/mol. The number of rotatable bonds is 2. The molecule has 0 saturated carbocycles. The van der Waals surface area contributed by atoms with Crippen LogP contribution in [0, 0.1) is 0 Å². The summed E-state index contributed by atoms with van der Waals surface area (Å²) in [6.45, 7) is 1.92. The van der Waals surface area contributed by atoms with Crippen molar-refractivity contribution in [1.82, 2.24) is 15.2 Å². The molecule has 0 aliphatic rings. The number of aliphatic hydroxyl groups is 1. The number of nitrogens with one attached hydrogen (secondary N) is 1. The van der Waals surface area contributed by atoms with E-state index in [2.05, 4.69) is 15.2 Å². The topological polar surface area (TPSA) is 87.8 Å². The first-order valence-electron chi connectivity index (χ1n) is 3.03. The van der Waals surface area contributed by atoms with E-state index in [0.717, 1.165) is 0 Å². The minimum absolute atomic E-state index is 0.319. The number of hydrogen-bond acceptors (Lipinski definition) is 4. The van der Waals surface area contributed by atoms with Crippen molar-refractivity contribution in [3.63, 3.8) is 0 Å². The quantitative estimate of drug-likeness (QED) is 0.510. The number of aromatic amines is 1. The smallest absolute Gasteiger partial charge is 0.178 e.